The number of rotatable bonds is 8. The molecule has 4 aromatic rings. The third kappa shape index (κ3) is 4.42. The van der Waals surface area contributed by atoms with Crippen LogP contribution in [0.2, 0.25) is 0 Å². The van der Waals surface area contributed by atoms with Crippen molar-refractivity contribution in [2.45, 2.75) is 24.3 Å². The summed E-state index contributed by atoms with van der Waals surface area (Å²) in [7, 11) is -2.12. The molecular weight excluding hydrogens is 440 g/mol. The van der Waals surface area contributed by atoms with Crippen LogP contribution in [0.4, 0.5) is 0 Å². The lowest BCUT2D eigenvalue weighted by atomic mass is 10.0. The first kappa shape index (κ1) is 21.4. The van der Waals surface area contributed by atoms with Gasteiger partial charge in [0, 0.05) is 54.9 Å². The Morgan fingerprint density at radius 2 is 2.06 bits per heavy atom. The van der Waals surface area contributed by atoms with E-state index in [0.29, 0.717) is 34.7 Å². The summed E-state index contributed by atoms with van der Waals surface area (Å²) < 4.78 is 36.4. The SMILES string of the molecule is Cn1cc(-c2cc(S(=O)(=O)NCc3cccnc3)ccc2OCC2CC2)c2cc[nH]c2c1=O. The quantitative estimate of drug-likeness (QED) is 0.417. The van der Waals surface area contributed by atoms with Gasteiger partial charge < -0.3 is 14.3 Å². The molecule has 2 N–H and O–H groups in total. The van der Waals surface area contributed by atoms with Gasteiger partial charge in [-0.2, -0.15) is 0 Å². The van der Waals surface area contributed by atoms with Gasteiger partial charge in [0.05, 0.1) is 11.5 Å². The maximum Gasteiger partial charge on any atom is 0.274 e. The van der Waals surface area contributed by atoms with E-state index < -0.39 is 10.0 Å². The molecule has 170 valence electrons. The summed E-state index contributed by atoms with van der Waals surface area (Å²) in [4.78, 5) is 19.7. The second-order valence-corrected chi connectivity index (χ2v) is 10.1. The van der Waals surface area contributed by atoms with E-state index in [1.165, 1.54) is 4.57 Å². The van der Waals surface area contributed by atoms with E-state index >= 15 is 0 Å². The lowest BCUT2D eigenvalue weighted by molar-refractivity contribution is 0.301. The van der Waals surface area contributed by atoms with Crippen molar-refractivity contribution in [2.24, 2.45) is 13.0 Å². The molecule has 1 aliphatic carbocycles. The average molecular weight is 465 g/mol. The molecule has 0 radical (unpaired) electrons. The predicted molar refractivity (Wildman–Crippen MR) is 125 cm³/mol. The van der Waals surface area contributed by atoms with Gasteiger partial charge in [-0.15, -0.1) is 0 Å². The summed E-state index contributed by atoms with van der Waals surface area (Å²) in [6, 6.07) is 10.2. The lowest BCUT2D eigenvalue weighted by Crippen LogP contribution is -2.23. The van der Waals surface area contributed by atoms with Gasteiger partial charge in [0.1, 0.15) is 11.3 Å². The third-order valence-electron chi connectivity index (χ3n) is 5.81. The Morgan fingerprint density at radius 3 is 2.82 bits per heavy atom. The molecule has 8 nitrogen and oxygen atoms in total. The first-order chi connectivity index (χ1) is 15.9. The molecule has 1 fully saturated rings. The summed E-state index contributed by atoms with van der Waals surface area (Å²) >= 11 is 0. The van der Waals surface area contributed by atoms with E-state index in [1.54, 1.807) is 56.1 Å². The van der Waals surface area contributed by atoms with E-state index in [4.69, 9.17) is 4.74 Å². The number of hydrogen-bond donors (Lipinski definition) is 2. The number of hydrogen-bond acceptors (Lipinski definition) is 5. The molecule has 0 spiro atoms. The topological polar surface area (TPSA) is 106 Å². The van der Waals surface area contributed by atoms with Crippen molar-refractivity contribution in [3.63, 3.8) is 0 Å². The van der Waals surface area contributed by atoms with E-state index in [-0.39, 0.29) is 17.0 Å². The summed E-state index contributed by atoms with van der Waals surface area (Å²) in [6.45, 7) is 0.716. The summed E-state index contributed by atoms with van der Waals surface area (Å²) in [5.74, 6) is 1.13. The Morgan fingerprint density at radius 1 is 1.21 bits per heavy atom. The fraction of sp³-hybridized carbons (Fsp3) is 0.250. The molecule has 3 heterocycles. The van der Waals surface area contributed by atoms with Crippen LogP contribution in [0.5, 0.6) is 5.75 Å². The maximum absolute atomic E-state index is 13.1. The Bertz CT molecular complexity index is 1470. The smallest absolute Gasteiger partial charge is 0.274 e. The Balaban J connectivity index is 1.57. The van der Waals surface area contributed by atoms with Gasteiger partial charge in [-0.1, -0.05) is 6.07 Å². The summed E-state index contributed by atoms with van der Waals surface area (Å²) in [5, 5.41) is 0.715. The number of sulfonamides is 1. The van der Waals surface area contributed by atoms with Crippen molar-refractivity contribution in [1.82, 2.24) is 19.3 Å². The zero-order valence-electron chi connectivity index (χ0n) is 18.1. The van der Waals surface area contributed by atoms with Crippen LogP contribution < -0.4 is 15.0 Å². The van der Waals surface area contributed by atoms with Crippen molar-refractivity contribution >= 4 is 20.9 Å². The normalized spacial score (nSPS) is 14.0. The highest BCUT2D eigenvalue weighted by atomic mass is 32.2. The number of nitrogens with zero attached hydrogens (tertiary/aromatic N) is 2. The number of aryl methyl sites for hydroxylation is 1. The zero-order chi connectivity index (χ0) is 23.0. The van der Waals surface area contributed by atoms with Crippen LogP contribution in [0.25, 0.3) is 22.0 Å². The molecule has 3 aromatic heterocycles. The van der Waals surface area contributed by atoms with Crippen molar-refractivity contribution < 1.29 is 13.2 Å². The van der Waals surface area contributed by atoms with Crippen LogP contribution in [0, 0.1) is 5.92 Å². The van der Waals surface area contributed by atoms with E-state index in [1.807, 2.05) is 12.1 Å². The molecule has 0 unspecified atom stereocenters. The molecule has 0 atom stereocenters. The van der Waals surface area contributed by atoms with E-state index in [9.17, 15) is 13.2 Å². The molecular formula is C24H24N4O4S. The van der Waals surface area contributed by atoms with Gasteiger partial charge in [-0.05, 0) is 54.7 Å². The highest BCUT2D eigenvalue weighted by Crippen LogP contribution is 2.37. The number of fused-ring (bicyclic) bond motifs is 1. The summed E-state index contributed by atoms with van der Waals surface area (Å²) in [6.07, 6.45) is 8.97. The van der Waals surface area contributed by atoms with E-state index in [2.05, 4.69) is 14.7 Å². The van der Waals surface area contributed by atoms with Crippen LogP contribution >= 0.6 is 0 Å². The second-order valence-electron chi connectivity index (χ2n) is 8.32. The fourth-order valence-corrected chi connectivity index (χ4v) is 4.80. The fourth-order valence-electron chi connectivity index (χ4n) is 3.75. The van der Waals surface area contributed by atoms with Gasteiger partial charge in [-0.3, -0.25) is 9.78 Å². The van der Waals surface area contributed by atoms with E-state index in [0.717, 1.165) is 24.0 Å². The molecule has 1 aliphatic rings. The zero-order valence-corrected chi connectivity index (χ0v) is 18.9. The van der Waals surface area contributed by atoms with Gasteiger partial charge in [-0.25, -0.2) is 13.1 Å². The number of benzene rings is 1. The average Bonchev–Trinajstić information content (AvgIpc) is 3.53. The van der Waals surface area contributed by atoms with Crippen molar-refractivity contribution in [3.8, 4) is 16.9 Å². The first-order valence-electron chi connectivity index (χ1n) is 10.7. The number of ether oxygens (including phenoxy) is 1. The molecule has 1 aromatic carbocycles. The highest BCUT2D eigenvalue weighted by Gasteiger charge is 2.24. The standard InChI is InChI=1S/C24H24N4O4S/c1-28-14-21(19-8-10-26-23(19)24(28)29)20-11-18(6-7-22(20)32-15-16-4-5-16)33(30,31)27-13-17-3-2-9-25-12-17/h2-3,6-12,14,16,26-27H,4-5,13,15H2,1H3. The Hall–Kier alpha value is -3.43. The van der Waals surface area contributed by atoms with Crippen LogP contribution in [-0.4, -0.2) is 29.6 Å². The molecule has 0 amide bonds. The lowest BCUT2D eigenvalue weighted by Gasteiger charge is -2.15. The van der Waals surface area contributed by atoms with Crippen LogP contribution in [0.3, 0.4) is 0 Å². The van der Waals surface area contributed by atoms with Crippen LogP contribution in [-0.2, 0) is 23.6 Å². The molecule has 0 saturated heterocycles. The maximum atomic E-state index is 13.1. The number of nitrogens with one attached hydrogen (secondary N) is 2. The molecule has 0 aliphatic heterocycles. The Kier molecular flexibility index (Phi) is 5.51. The number of aromatic nitrogens is 3. The predicted octanol–water partition coefficient (Wildman–Crippen LogP) is 3.20. The van der Waals surface area contributed by atoms with Gasteiger partial charge in [0.15, 0.2) is 0 Å². The second kappa shape index (κ2) is 8.49. The molecule has 5 rings (SSSR count). The molecule has 9 heteroatoms. The van der Waals surface area contributed by atoms with Crippen LogP contribution in [0.1, 0.15) is 18.4 Å². The molecule has 33 heavy (non-hydrogen) atoms. The Labute approximate surface area is 191 Å². The molecule has 0 bridgehead atoms. The first-order valence-corrected chi connectivity index (χ1v) is 12.2. The minimum absolute atomic E-state index is 0.123. The number of pyridine rings is 2. The minimum Gasteiger partial charge on any atom is -0.493 e. The number of aromatic amines is 1. The highest BCUT2D eigenvalue weighted by molar-refractivity contribution is 7.89. The van der Waals surface area contributed by atoms with Gasteiger partial charge in [0.25, 0.3) is 5.56 Å². The van der Waals surface area contributed by atoms with Crippen molar-refractivity contribution in [2.75, 3.05) is 6.61 Å². The van der Waals surface area contributed by atoms with Crippen LogP contribution in [0.15, 0.2) is 70.9 Å². The van der Waals surface area contributed by atoms with Crippen molar-refractivity contribution in [1.29, 1.82) is 0 Å². The van der Waals surface area contributed by atoms with Crippen molar-refractivity contribution in [3.05, 3.63) is 77.1 Å². The minimum atomic E-state index is -3.79. The van der Waals surface area contributed by atoms with Gasteiger partial charge >= 0.3 is 0 Å². The monoisotopic (exact) mass is 464 g/mol. The summed E-state index contributed by atoms with van der Waals surface area (Å²) in [5.41, 5.74) is 2.42. The third-order valence-corrected chi connectivity index (χ3v) is 7.21. The molecule has 1 saturated carbocycles. The largest absolute Gasteiger partial charge is 0.493 e. The number of H-pyrrole nitrogens is 1. The van der Waals surface area contributed by atoms with Gasteiger partial charge in [0.2, 0.25) is 10.0 Å².